The van der Waals surface area contributed by atoms with Gasteiger partial charge in [-0.15, -0.1) is 0 Å². The van der Waals surface area contributed by atoms with Gasteiger partial charge in [0, 0.05) is 13.1 Å². The Balaban J connectivity index is 1.81. The molecule has 1 N–H and O–H groups in total. The highest BCUT2D eigenvalue weighted by atomic mass is 32.2. The molecular weight excluding hydrogens is 456 g/mol. The van der Waals surface area contributed by atoms with Crippen molar-refractivity contribution in [1.82, 2.24) is 4.31 Å². The van der Waals surface area contributed by atoms with Crippen molar-refractivity contribution in [1.29, 1.82) is 0 Å². The van der Waals surface area contributed by atoms with Crippen molar-refractivity contribution in [3.8, 4) is 11.5 Å². The molecular formula is C25H34N2O6S. The zero-order valence-corrected chi connectivity index (χ0v) is 21.3. The number of aryl methyl sites for hydroxylation is 1. The molecule has 0 aromatic heterocycles. The van der Waals surface area contributed by atoms with Crippen LogP contribution >= 0.6 is 0 Å². The molecule has 34 heavy (non-hydrogen) atoms. The fourth-order valence-corrected chi connectivity index (χ4v) is 5.07. The van der Waals surface area contributed by atoms with Gasteiger partial charge < -0.3 is 19.5 Å². The van der Waals surface area contributed by atoms with Crippen LogP contribution < -0.4 is 14.8 Å². The summed E-state index contributed by atoms with van der Waals surface area (Å²) in [7, 11) is -3.73. The van der Waals surface area contributed by atoms with Crippen molar-refractivity contribution in [2.24, 2.45) is 0 Å². The maximum Gasteiger partial charge on any atom is 0.262 e. The van der Waals surface area contributed by atoms with Crippen molar-refractivity contribution in [3.63, 3.8) is 0 Å². The predicted molar refractivity (Wildman–Crippen MR) is 131 cm³/mol. The minimum Gasteiger partial charge on any atom is -0.489 e. The van der Waals surface area contributed by atoms with Gasteiger partial charge >= 0.3 is 0 Å². The highest BCUT2D eigenvalue weighted by Crippen LogP contribution is 2.31. The molecule has 0 aliphatic carbocycles. The van der Waals surface area contributed by atoms with Crippen LogP contribution in [0.2, 0.25) is 0 Å². The summed E-state index contributed by atoms with van der Waals surface area (Å²) in [5.74, 6) is 0.882. The van der Waals surface area contributed by atoms with E-state index in [-0.39, 0.29) is 42.3 Å². The molecule has 2 aromatic carbocycles. The highest BCUT2D eigenvalue weighted by molar-refractivity contribution is 7.89. The molecule has 1 aliphatic rings. The second kappa shape index (κ2) is 11.2. The van der Waals surface area contributed by atoms with Crippen LogP contribution in [0.4, 0.5) is 5.69 Å². The van der Waals surface area contributed by atoms with E-state index in [2.05, 4.69) is 19.2 Å². The van der Waals surface area contributed by atoms with Gasteiger partial charge in [0.25, 0.3) is 5.91 Å². The quantitative estimate of drug-likeness (QED) is 0.572. The van der Waals surface area contributed by atoms with Gasteiger partial charge in [0.1, 0.15) is 11.5 Å². The van der Waals surface area contributed by atoms with E-state index in [4.69, 9.17) is 14.2 Å². The summed E-state index contributed by atoms with van der Waals surface area (Å²) in [6, 6.07) is 10.4. The minimum absolute atomic E-state index is 0.0857. The van der Waals surface area contributed by atoms with E-state index >= 15 is 0 Å². The minimum atomic E-state index is -3.73. The van der Waals surface area contributed by atoms with Crippen LogP contribution in [0.1, 0.15) is 44.7 Å². The van der Waals surface area contributed by atoms with Gasteiger partial charge in [-0.25, -0.2) is 8.42 Å². The van der Waals surface area contributed by atoms with E-state index in [0.717, 1.165) is 11.1 Å². The summed E-state index contributed by atoms with van der Waals surface area (Å²) in [5.41, 5.74) is 2.33. The molecule has 0 spiro atoms. The lowest BCUT2D eigenvalue weighted by molar-refractivity contribution is -0.118. The number of rotatable bonds is 9. The number of carbonyl (C=O) groups is 1. The molecule has 0 saturated carbocycles. The fraction of sp³-hybridized carbons (Fsp3) is 0.480. The van der Waals surface area contributed by atoms with Crippen molar-refractivity contribution < 1.29 is 27.4 Å². The van der Waals surface area contributed by atoms with E-state index < -0.39 is 15.9 Å². The smallest absolute Gasteiger partial charge is 0.262 e. The summed E-state index contributed by atoms with van der Waals surface area (Å²) in [6.45, 7) is 10.9. The molecule has 0 bridgehead atoms. The average molecular weight is 491 g/mol. The van der Waals surface area contributed by atoms with E-state index in [9.17, 15) is 13.2 Å². The summed E-state index contributed by atoms with van der Waals surface area (Å²) >= 11 is 0. The molecule has 1 saturated heterocycles. The fourth-order valence-electron chi connectivity index (χ4n) is 3.63. The van der Waals surface area contributed by atoms with Crippen molar-refractivity contribution in [2.45, 2.75) is 51.5 Å². The second-order valence-corrected chi connectivity index (χ2v) is 10.8. The summed E-state index contributed by atoms with van der Waals surface area (Å²) in [5, 5.41) is 2.77. The lowest BCUT2D eigenvalue weighted by atomic mass is 10.0. The van der Waals surface area contributed by atoms with Crippen LogP contribution in [0.3, 0.4) is 0 Å². The van der Waals surface area contributed by atoms with Gasteiger partial charge in [-0.2, -0.15) is 4.31 Å². The second-order valence-electron chi connectivity index (χ2n) is 8.87. The molecule has 0 radical (unpaired) electrons. The lowest BCUT2D eigenvalue weighted by Crippen LogP contribution is -2.40. The monoisotopic (exact) mass is 490 g/mol. The van der Waals surface area contributed by atoms with Crippen LogP contribution in [0.5, 0.6) is 11.5 Å². The molecule has 9 heteroatoms. The van der Waals surface area contributed by atoms with Crippen molar-refractivity contribution in [3.05, 3.63) is 47.5 Å². The van der Waals surface area contributed by atoms with Crippen LogP contribution in [0, 0.1) is 6.92 Å². The highest BCUT2D eigenvalue weighted by Gasteiger charge is 2.27. The lowest BCUT2D eigenvalue weighted by Gasteiger charge is -2.26. The third-order valence-corrected chi connectivity index (χ3v) is 7.24. The van der Waals surface area contributed by atoms with Crippen LogP contribution in [0.15, 0.2) is 41.3 Å². The number of carbonyl (C=O) groups excluding carboxylic acids is 1. The number of amides is 1. The van der Waals surface area contributed by atoms with Gasteiger partial charge in [0.15, 0.2) is 6.61 Å². The third kappa shape index (κ3) is 6.49. The molecule has 1 fully saturated rings. The van der Waals surface area contributed by atoms with Gasteiger partial charge in [-0.3, -0.25) is 4.79 Å². The van der Waals surface area contributed by atoms with E-state index in [1.165, 1.54) is 16.4 Å². The first-order chi connectivity index (χ1) is 16.1. The zero-order valence-electron chi connectivity index (χ0n) is 20.5. The molecule has 0 unspecified atom stereocenters. The van der Waals surface area contributed by atoms with E-state index in [0.29, 0.717) is 24.7 Å². The Kier molecular flexibility index (Phi) is 8.57. The Bertz CT molecular complexity index is 1110. The number of hydrogen-bond donors (Lipinski definition) is 1. The third-order valence-electron chi connectivity index (χ3n) is 5.35. The Morgan fingerprint density at radius 3 is 2.41 bits per heavy atom. The van der Waals surface area contributed by atoms with Crippen LogP contribution in [0.25, 0.3) is 0 Å². The molecule has 2 aromatic rings. The Morgan fingerprint density at radius 2 is 1.76 bits per heavy atom. The average Bonchev–Trinajstić information content (AvgIpc) is 2.79. The van der Waals surface area contributed by atoms with Gasteiger partial charge in [-0.05, 0) is 62.1 Å². The number of hydrogen-bond acceptors (Lipinski definition) is 6. The Hall–Kier alpha value is -2.62. The van der Waals surface area contributed by atoms with Crippen molar-refractivity contribution in [2.75, 3.05) is 38.2 Å². The number of anilines is 1. The maximum atomic E-state index is 13.1. The SMILES string of the molecule is Cc1ccc(C(C)C)c(OCC(=O)Nc2cc(S(=O)(=O)N3CCOCC3)ccc2OC(C)C)c1. The maximum absolute atomic E-state index is 13.1. The zero-order chi connectivity index (χ0) is 24.9. The number of benzene rings is 2. The molecule has 1 aliphatic heterocycles. The molecule has 1 amide bonds. The molecule has 3 rings (SSSR count). The number of nitrogens with one attached hydrogen (secondary N) is 1. The first-order valence-electron chi connectivity index (χ1n) is 11.5. The Morgan fingerprint density at radius 1 is 1.06 bits per heavy atom. The number of ether oxygens (including phenoxy) is 3. The molecule has 186 valence electrons. The Labute approximate surface area is 202 Å². The molecule has 1 heterocycles. The summed E-state index contributed by atoms with van der Waals surface area (Å²) in [4.78, 5) is 12.9. The summed E-state index contributed by atoms with van der Waals surface area (Å²) < 4.78 is 44.5. The standard InChI is InChI=1S/C25H34N2O6S/c1-17(2)21-8-6-19(5)14-24(21)32-16-25(28)26-22-15-20(7-9-23(22)33-18(3)4)34(29,30)27-10-12-31-13-11-27/h6-9,14-15,17-18H,10-13,16H2,1-5H3,(H,26,28). The molecule has 0 atom stereocenters. The van der Waals surface area contributed by atoms with Crippen LogP contribution in [-0.2, 0) is 19.6 Å². The first kappa shape index (κ1) is 26.0. The number of morpholine rings is 1. The van der Waals surface area contributed by atoms with Gasteiger partial charge in [0.2, 0.25) is 10.0 Å². The number of nitrogens with zero attached hydrogens (tertiary/aromatic N) is 1. The molecule has 8 nitrogen and oxygen atoms in total. The normalized spacial score (nSPS) is 14.9. The van der Waals surface area contributed by atoms with Crippen molar-refractivity contribution >= 4 is 21.6 Å². The van der Waals surface area contributed by atoms with Gasteiger partial charge in [0.05, 0.1) is 29.9 Å². The number of sulfonamides is 1. The van der Waals surface area contributed by atoms with E-state index in [1.54, 1.807) is 6.07 Å². The van der Waals surface area contributed by atoms with E-state index in [1.807, 2.05) is 39.0 Å². The first-order valence-corrected chi connectivity index (χ1v) is 12.9. The topological polar surface area (TPSA) is 94.2 Å². The summed E-state index contributed by atoms with van der Waals surface area (Å²) in [6.07, 6.45) is -0.158. The predicted octanol–water partition coefficient (Wildman–Crippen LogP) is 3.94. The van der Waals surface area contributed by atoms with Crippen LogP contribution in [-0.4, -0.2) is 57.6 Å². The largest absolute Gasteiger partial charge is 0.489 e. The van der Waals surface area contributed by atoms with Gasteiger partial charge in [-0.1, -0.05) is 26.0 Å².